The fourth-order valence-electron chi connectivity index (χ4n) is 2.82. The Hall–Kier alpha value is -0.900. The number of nitrogens with one attached hydrogen (secondary N) is 1. The molecule has 0 radical (unpaired) electrons. The fraction of sp³-hybridized carbons (Fsp3) is 0.688. The Balaban J connectivity index is 0.00000288. The van der Waals surface area contributed by atoms with E-state index in [4.69, 9.17) is 4.74 Å². The van der Waals surface area contributed by atoms with Gasteiger partial charge in [0.1, 0.15) is 0 Å². The average Bonchev–Trinajstić information content (AvgIpc) is 2.86. The summed E-state index contributed by atoms with van der Waals surface area (Å²) in [6.45, 7) is 8.75. The first kappa shape index (κ1) is 21.1. The number of rotatable bonds is 4. The summed E-state index contributed by atoms with van der Waals surface area (Å²) >= 11 is 1.71. The van der Waals surface area contributed by atoms with Gasteiger partial charge >= 0.3 is 5.97 Å². The lowest BCUT2D eigenvalue weighted by Gasteiger charge is -2.33. The number of esters is 1. The van der Waals surface area contributed by atoms with Gasteiger partial charge in [-0.05, 0) is 33.6 Å². The van der Waals surface area contributed by atoms with Crippen molar-refractivity contribution < 1.29 is 9.53 Å². The molecule has 0 atom stereocenters. The fourth-order valence-corrected chi connectivity index (χ4v) is 3.69. The molecule has 0 unspecified atom stereocenters. The lowest BCUT2D eigenvalue weighted by Crippen LogP contribution is -2.46. The molecule has 0 bridgehead atoms. The van der Waals surface area contributed by atoms with Gasteiger partial charge in [0.25, 0.3) is 0 Å². The summed E-state index contributed by atoms with van der Waals surface area (Å²) in [6.07, 6.45) is 1.64. The Morgan fingerprint density at radius 1 is 1.42 bits per heavy atom. The topological polar surface area (TPSA) is 66.8 Å². The van der Waals surface area contributed by atoms with Crippen LogP contribution in [0.2, 0.25) is 0 Å². The minimum atomic E-state index is -0.0640. The molecule has 6 nitrogen and oxygen atoms in total. The van der Waals surface area contributed by atoms with Crippen LogP contribution in [0.25, 0.3) is 0 Å². The quantitative estimate of drug-likeness (QED) is 0.320. The summed E-state index contributed by atoms with van der Waals surface area (Å²) in [6, 6.07) is 0. The van der Waals surface area contributed by atoms with Crippen molar-refractivity contribution >= 4 is 47.2 Å². The molecule has 0 aromatic carbocycles. The van der Waals surface area contributed by atoms with Crippen LogP contribution in [-0.2, 0) is 16.1 Å². The van der Waals surface area contributed by atoms with Crippen molar-refractivity contribution in [2.45, 2.75) is 40.2 Å². The summed E-state index contributed by atoms with van der Waals surface area (Å²) in [7, 11) is 1.80. The van der Waals surface area contributed by atoms with Crippen molar-refractivity contribution in [1.29, 1.82) is 0 Å². The first-order valence-corrected chi connectivity index (χ1v) is 8.92. The maximum Gasteiger partial charge on any atom is 0.309 e. The van der Waals surface area contributed by atoms with Crippen LogP contribution in [0.4, 0.5) is 0 Å². The number of halogens is 1. The van der Waals surface area contributed by atoms with E-state index in [1.807, 2.05) is 20.8 Å². The van der Waals surface area contributed by atoms with Crippen LogP contribution in [0, 0.1) is 19.8 Å². The van der Waals surface area contributed by atoms with Crippen LogP contribution in [0.15, 0.2) is 4.99 Å². The molecule has 0 amide bonds. The number of hydrogen-bond acceptors (Lipinski definition) is 5. The molecular weight excluding hydrogens is 439 g/mol. The standard InChI is InChI=1S/C16H26N4O2S.HI/c1-5-22-15(21)13-6-8-20(9-7-13)16(17-4)18-10-14-11(2)19-12(3)23-14;/h13H,5-10H2,1-4H3,(H,17,18);1H. The highest BCUT2D eigenvalue weighted by atomic mass is 127. The summed E-state index contributed by atoms with van der Waals surface area (Å²) < 4.78 is 5.12. The molecule has 1 aliphatic rings. The molecule has 0 saturated carbocycles. The van der Waals surface area contributed by atoms with Gasteiger partial charge in [0.2, 0.25) is 0 Å². The largest absolute Gasteiger partial charge is 0.466 e. The van der Waals surface area contributed by atoms with Crippen molar-refractivity contribution in [3.63, 3.8) is 0 Å². The van der Waals surface area contributed by atoms with Gasteiger partial charge in [0, 0.05) is 25.0 Å². The number of piperidine rings is 1. The van der Waals surface area contributed by atoms with E-state index in [-0.39, 0.29) is 35.9 Å². The van der Waals surface area contributed by atoms with Crippen molar-refractivity contribution in [3.8, 4) is 0 Å². The van der Waals surface area contributed by atoms with Gasteiger partial charge < -0.3 is 15.0 Å². The maximum atomic E-state index is 11.8. The number of carbonyl (C=O) groups is 1. The minimum Gasteiger partial charge on any atom is -0.466 e. The van der Waals surface area contributed by atoms with Crippen LogP contribution < -0.4 is 5.32 Å². The van der Waals surface area contributed by atoms with Crippen LogP contribution >= 0.6 is 35.3 Å². The number of aromatic nitrogens is 1. The van der Waals surface area contributed by atoms with E-state index in [9.17, 15) is 4.79 Å². The lowest BCUT2D eigenvalue weighted by atomic mass is 9.97. The minimum absolute atomic E-state index is 0. The van der Waals surface area contributed by atoms with Gasteiger partial charge in [-0.15, -0.1) is 35.3 Å². The van der Waals surface area contributed by atoms with E-state index < -0.39 is 0 Å². The van der Waals surface area contributed by atoms with Gasteiger partial charge in [0.05, 0.1) is 29.8 Å². The predicted octanol–water partition coefficient (Wildman–Crippen LogP) is 2.73. The number of hydrogen-bond donors (Lipinski definition) is 1. The number of aryl methyl sites for hydroxylation is 2. The van der Waals surface area contributed by atoms with Crippen molar-refractivity contribution in [2.75, 3.05) is 26.7 Å². The second kappa shape index (κ2) is 10.2. The molecule has 1 aromatic rings. The summed E-state index contributed by atoms with van der Waals surface area (Å²) in [5.41, 5.74) is 1.08. The third-order valence-corrected chi connectivity index (χ3v) is 5.11. The van der Waals surface area contributed by atoms with E-state index in [0.717, 1.165) is 49.1 Å². The predicted molar refractivity (Wildman–Crippen MR) is 108 cm³/mol. The molecule has 2 heterocycles. The first-order chi connectivity index (χ1) is 11.0. The molecule has 1 saturated heterocycles. The number of nitrogens with zero attached hydrogens (tertiary/aromatic N) is 3. The zero-order valence-corrected chi connectivity index (χ0v) is 17.9. The zero-order chi connectivity index (χ0) is 16.8. The summed E-state index contributed by atoms with van der Waals surface area (Å²) in [4.78, 5) is 24.1. The summed E-state index contributed by atoms with van der Waals surface area (Å²) in [5.74, 6) is 0.847. The Labute approximate surface area is 165 Å². The highest BCUT2D eigenvalue weighted by molar-refractivity contribution is 14.0. The van der Waals surface area contributed by atoms with Gasteiger partial charge in [-0.3, -0.25) is 9.79 Å². The summed E-state index contributed by atoms with van der Waals surface area (Å²) in [5, 5.41) is 4.50. The lowest BCUT2D eigenvalue weighted by molar-refractivity contribution is -0.149. The normalized spacial score (nSPS) is 15.8. The molecule has 0 aliphatic carbocycles. The van der Waals surface area contributed by atoms with Gasteiger partial charge in [-0.1, -0.05) is 0 Å². The molecule has 2 rings (SSSR count). The van der Waals surface area contributed by atoms with Crippen LogP contribution in [0.1, 0.15) is 35.3 Å². The van der Waals surface area contributed by atoms with E-state index in [0.29, 0.717) is 6.61 Å². The number of guanidine groups is 1. The second-order valence-corrected chi connectivity index (χ2v) is 6.94. The molecule has 1 aliphatic heterocycles. The molecule has 24 heavy (non-hydrogen) atoms. The highest BCUT2D eigenvalue weighted by Gasteiger charge is 2.27. The molecular formula is C16H27IN4O2S. The number of carbonyl (C=O) groups excluding carboxylic acids is 1. The molecule has 1 fully saturated rings. The van der Waals surface area contributed by atoms with Crippen molar-refractivity contribution in [1.82, 2.24) is 15.2 Å². The van der Waals surface area contributed by atoms with Crippen LogP contribution in [0.3, 0.4) is 0 Å². The number of likely N-dealkylation sites (tertiary alicyclic amines) is 1. The van der Waals surface area contributed by atoms with Crippen LogP contribution in [-0.4, -0.2) is 48.6 Å². The zero-order valence-electron chi connectivity index (χ0n) is 14.8. The second-order valence-electron chi connectivity index (χ2n) is 5.66. The number of ether oxygens (including phenoxy) is 1. The molecule has 0 spiro atoms. The van der Waals surface area contributed by atoms with Gasteiger partial charge in [-0.2, -0.15) is 0 Å². The van der Waals surface area contributed by atoms with Gasteiger partial charge in [0.15, 0.2) is 5.96 Å². The SMILES string of the molecule is CCOC(=O)C1CCN(C(=NC)NCc2sc(C)nc2C)CC1.I. The number of thiazole rings is 1. The molecule has 136 valence electrons. The Morgan fingerprint density at radius 2 is 2.08 bits per heavy atom. The highest BCUT2D eigenvalue weighted by Crippen LogP contribution is 2.20. The maximum absolute atomic E-state index is 11.8. The van der Waals surface area contributed by atoms with Gasteiger partial charge in [-0.25, -0.2) is 4.98 Å². The molecule has 1 N–H and O–H groups in total. The smallest absolute Gasteiger partial charge is 0.309 e. The van der Waals surface area contributed by atoms with E-state index >= 15 is 0 Å². The van der Waals surface area contributed by atoms with E-state index in [1.54, 1.807) is 18.4 Å². The molecule has 8 heteroatoms. The van der Waals surface area contributed by atoms with Crippen molar-refractivity contribution in [3.05, 3.63) is 15.6 Å². The Morgan fingerprint density at radius 3 is 2.58 bits per heavy atom. The monoisotopic (exact) mass is 466 g/mol. The van der Waals surface area contributed by atoms with E-state index in [1.165, 1.54) is 4.88 Å². The Bertz CT molecular complexity index is 568. The average molecular weight is 466 g/mol. The number of aliphatic imine (C=N–C) groups is 1. The third kappa shape index (κ3) is 5.58. The molecule has 1 aromatic heterocycles. The van der Waals surface area contributed by atoms with Crippen LogP contribution in [0.5, 0.6) is 0 Å². The van der Waals surface area contributed by atoms with E-state index in [2.05, 4.69) is 20.2 Å². The first-order valence-electron chi connectivity index (χ1n) is 8.10. The Kier molecular flexibility index (Phi) is 8.96. The van der Waals surface area contributed by atoms with Crippen molar-refractivity contribution in [2.24, 2.45) is 10.9 Å². The third-order valence-electron chi connectivity index (χ3n) is 4.03.